The monoisotopic (exact) mass is 179 g/mol. The van der Waals surface area contributed by atoms with Gasteiger partial charge in [-0.15, -0.1) is 0 Å². The molecule has 62 valence electrons. The Bertz CT molecular complexity index is 383. The van der Waals surface area contributed by atoms with Crippen molar-refractivity contribution in [2.75, 3.05) is 6.61 Å². The van der Waals surface area contributed by atoms with Gasteiger partial charge in [-0.2, -0.15) is 4.37 Å². The molecule has 0 aliphatic rings. The second kappa shape index (κ2) is 3.11. The highest BCUT2D eigenvalue weighted by Crippen LogP contribution is 2.28. The van der Waals surface area contributed by atoms with Gasteiger partial charge in [0.2, 0.25) is 0 Å². The zero-order chi connectivity index (χ0) is 8.39. The Labute approximate surface area is 75.0 Å². The number of hydrogen-bond acceptors (Lipinski definition) is 3. The molecule has 0 atom stereocenters. The third-order valence-corrected chi connectivity index (χ3v) is 2.48. The number of fused-ring (bicyclic) bond motifs is 1. The molecule has 0 amide bonds. The van der Waals surface area contributed by atoms with Gasteiger partial charge in [-0.3, -0.25) is 0 Å². The van der Waals surface area contributed by atoms with E-state index in [1.807, 2.05) is 31.3 Å². The van der Waals surface area contributed by atoms with Crippen LogP contribution in [0, 0.1) is 0 Å². The molecule has 2 aromatic rings. The minimum absolute atomic E-state index is 0.705. The molecule has 0 N–H and O–H groups in total. The van der Waals surface area contributed by atoms with Crippen LogP contribution in [0.3, 0.4) is 0 Å². The van der Waals surface area contributed by atoms with Gasteiger partial charge in [0, 0.05) is 11.6 Å². The van der Waals surface area contributed by atoms with Crippen molar-refractivity contribution < 1.29 is 4.74 Å². The maximum Gasteiger partial charge on any atom is 0.138 e. The van der Waals surface area contributed by atoms with Crippen molar-refractivity contribution in [3.05, 3.63) is 24.4 Å². The molecule has 2 rings (SSSR count). The maximum atomic E-state index is 5.45. The van der Waals surface area contributed by atoms with E-state index in [0.29, 0.717) is 6.61 Å². The van der Waals surface area contributed by atoms with Crippen LogP contribution < -0.4 is 4.74 Å². The van der Waals surface area contributed by atoms with Gasteiger partial charge >= 0.3 is 0 Å². The number of benzene rings is 1. The summed E-state index contributed by atoms with van der Waals surface area (Å²) in [5.41, 5.74) is 0. The second-order valence-corrected chi connectivity index (χ2v) is 3.23. The first-order valence-electron chi connectivity index (χ1n) is 3.88. The van der Waals surface area contributed by atoms with Crippen molar-refractivity contribution in [3.8, 4) is 5.75 Å². The van der Waals surface area contributed by atoms with E-state index in [0.717, 1.165) is 15.8 Å². The lowest BCUT2D eigenvalue weighted by Crippen LogP contribution is -1.90. The molecule has 0 unspecified atom stereocenters. The van der Waals surface area contributed by atoms with E-state index in [1.165, 1.54) is 11.5 Å². The summed E-state index contributed by atoms with van der Waals surface area (Å²) < 4.78 is 10.7. The molecule has 0 aliphatic heterocycles. The Balaban J connectivity index is 2.57. The smallest absolute Gasteiger partial charge is 0.138 e. The molecular formula is C9H9NOS. The van der Waals surface area contributed by atoms with Gasteiger partial charge in [0.15, 0.2) is 0 Å². The van der Waals surface area contributed by atoms with Crippen molar-refractivity contribution in [2.24, 2.45) is 0 Å². The summed E-state index contributed by atoms with van der Waals surface area (Å²) in [4.78, 5) is 0. The highest BCUT2D eigenvalue weighted by molar-refractivity contribution is 7.13. The molecular weight excluding hydrogens is 170 g/mol. The first-order chi connectivity index (χ1) is 5.92. The van der Waals surface area contributed by atoms with Crippen LogP contribution in [0.15, 0.2) is 24.4 Å². The fourth-order valence-corrected chi connectivity index (χ4v) is 1.85. The fraction of sp³-hybridized carbons (Fsp3) is 0.222. The second-order valence-electron chi connectivity index (χ2n) is 2.43. The summed E-state index contributed by atoms with van der Waals surface area (Å²) >= 11 is 1.48. The molecule has 0 fully saturated rings. The fourth-order valence-electron chi connectivity index (χ4n) is 1.14. The maximum absolute atomic E-state index is 5.45. The average molecular weight is 179 g/mol. The molecule has 0 bridgehead atoms. The van der Waals surface area contributed by atoms with E-state index < -0.39 is 0 Å². The molecule has 0 radical (unpaired) electrons. The highest BCUT2D eigenvalue weighted by atomic mass is 32.1. The van der Waals surface area contributed by atoms with Crippen molar-refractivity contribution in [1.29, 1.82) is 0 Å². The topological polar surface area (TPSA) is 22.1 Å². The zero-order valence-electron chi connectivity index (χ0n) is 6.78. The van der Waals surface area contributed by atoms with Crippen LogP contribution >= 0.6 is 11.5 Å². The quantitative estimate of drug-likeness (QED) is 0.707. The van der Waals surface area contributed by atoms with Gasteiger partial charge in [0.25, 0.3) is 0 Å². The van der Waals surface area contributed by atoms with Crippen LogP contribution in [0.5, 0.6) is 5.75 Å². The third kappa shape index (κ3) is 1.16. The molecule has 0 aliphatic carbocycles. The van der Waals surface area contributed by atoms with E-state index in [9.17, 15) is 0 Å². The number of nitrogens with zero attached hydrogens (tertiary/aromatic N) is 1. The van der Waals surface area contributed by atoms with Crippen LogP contribution in [0.4, 0.5) is 0 Å². The van der Waals surface area contributed by atoms with Gasteiger partial charge in [-0.25, -0.2) is 0 Å². The van der Waals surface area contributed by atoms with Crippen LogP contribution in [-0.4, -0.2) is 11.0 Å². The van der Waals surface area contributed by atoms with Gasteiger partial charge in [-0.1, -0.05) is 12.1 Å². The molecule has 0 spiro atoms. The molecule has 1 aromatic carbocycles. The van der Waals surface area contributed by atoms with Crippen molar-refractivity contribution in [2.45, 2.75) is 6.92 Å². The van der Waals surface area contributed by atoms with Crippen LogP contribution in [-0.2, 0) is 0 Å². The van der Waals surface area contributed by atoms with E-state index in [-0.39, 0.29) is 0 Å². The van der Waals surface area contributed by atoms with Gasteiger partial charge in [-0.05, 0) is 24.5 Å². The number of aromatic nitrogens is 1. The summed E-state index contributed by atoms with van der Waals surface area (Å²) in [6.45, 7) is 2.69. The Morgan fingerprint density at radius 3 is 3.25 bits per heavy atom. The van der Waals surface area contributed by atoms with Crippen LogP contribution in [0.1, 0.15) is 6.92 Å². The van der Waals surface area contributed by atoms with Crippen LogP contribution in [0.2, 0.25) is 0 Å². The van der Waals surface area contributed by atoms with E-state index >= 15 is 0 Å². The van der Waals surface area contributed by atoms with Gasteiger partial charge in [0.05, 0.1) is 11.3 Å². The Hall–Kier alpha value is -1.09. The molecule has 12 heavy (non-hydrogen) atoms. The standard InChI is InChI=1S/C9H9NOS/c1-2-11-8-5-3-4-7-6-10-12-9(7)8/h3-6H,2H2,1H3. The Morgan fingerprint density at radius 2 is 2.42 bits per heavy atom. The Kier molecular flexibility index (Phi) is 1.96. The summed E-state index contributed by atoms with van der Waals surface area (Å²) in [5, 5.41) is 1.16. The summed E-state index contributed by atoms with van der Waals surface area (Å²) in [6.07, 6.45) is 1.86. The van der Waals surface area contributed by atoms with Crippen molar-refractivity contribution in [1.82, 2.24) is 4.37 Å². The van der Waals surface area contributed by atoms with E-state index in [4.69, 9.17) is 4.74 Å². The Morgan fingerprint density at radius 1 is 1.50 bits per heavy atom. The number of hydrogen-bond donors (Lipinski definition) is 0. The summed E-state index contributed by atoms with van der Waals surface area (Å²) in [5.74, 6) is 0.942. The summed E-state index contributed by atoms with van der Waals surface area (Å²) in [6, 6.07) is 6.01. The minimum Gasteiger partial charge on any atom is -0.492 e. The van der Waals surface area contributed by atoms with E-state index in [1.54, 1.807) is 0 Å². The van der Waals surface area contributed by atoms with Crippen LogP contribution in [0.25, 0.3) is 10.1 Å². The summed E-state index contributed by atoms with van der Waals surface area (Å²) in [7, 11) is 0. The van der Waals surface area contributed by atoms with Gasteiger partial charge in [0.1, 0.15) is 5.75 Å². The van der Waals surface area contributed by atoms with Gasteiger partial charge < -0.3 is 4.74 Å². The molecule has 0 saturated carbocycles. The number of ether oxygens (including phenoxy) is 1. The third-order valence-electron chi connectivity index (χ3n) is 1.64. The lowest BCUT2D eigenvalue weighted by Gasteiger charge is -2.01. The first kappa shape index (κ1) is 7.55. The lowest BCUT2D eigenvalue weighted by molar-refractivity contribution is 0.345. The highest BCUT2D eigenvalue weighted by Gasteiger charge is 2.01. The molecule has 0 saturated heterocycles. The molecule has 3 heteroatoms. The molecule has 1 aromatic heterocycles. The average Bonchev–Trinajstić information content (AvgIpc) is 2.53. The predicted molar refractivity (Wildman–Crippen MR) is 50.8 cm³/mol. The predicted octanol–water partition coefficient (Wildman–Crippen LogP) is 2.70. The van der Waals surface area contributed by atoms with Crippen molar-refractivity contribution >= 4 is 21.6 Å². The zero-order valence-corrected chi connectivity index (χ0v) is 7.60. The first-order valence-corrected chi connectivity index (χ1v) is 4.65. The lowest BCUT2D eigenvalue weighted by atomic mass is 10.3. The SMILES string of the molecule is CCOc1cccc2cnsc12. The van der Waals surface area contributed by atoms with E-state index in [2.05, 4.69) is 4.37 Å². The van der Waals surface area contributed by atoms with Crippen molar-refractivity contribution in [3.63, 3.8) is 0 Å². The minimum atomic E-state index is 0.705. The number of rotatable bonds is 2. The molecule has 2 nitrogen and oxygen atoms in total. The largest absolute Gasteiger partial charge is 0.492 e. The molecule has 1 heterocycles. The normalized spacial score (nSPS) is 10.4.